The SMILES string of the molecule is O=C(OC1C2CC3C1OC(=O)C3(C(=O)OCCS(=O)(=O)[O-])C2)C12CC3CC(CC(C3)C1)C2. The van der Waals surface area contributed by atoms with E-state index < -0.39 is 63.4 Å². The van der Waals surface area contributed by atoms with E-state index in [1.165, 1.54) is 19.3 Å². The number of ether oxygens (including phenoxy) is 3. The average molecular weight is 468 g/mol. The van der Waals surface area contributed by atoms with Crippen LogP contribution in [0.15, 0.2) is 0 Å². The van der Waals surface area contributed by atoms with Crippen molar-refractivity contribution in [1.82, 2.24) is 0 Å². The topological polar surface area (TPSA) is 136 Å². The molecule has 1 aliphatic heterocycles. The lowest BCUT2D eigenvalue weighted by Gasteiger charge is -2.55. The molecule has 0 aromatic carbocycles. The average Bonchev–Trinajstić information content (AvgIpc) is 3.28. The van der Waals surface area contributed by atoms with Gasteiger partial charge >= 0.3 is 17.9 Å². The van der Waals surface area contributed by atoms with Crippen LogP contribution in [0, 0.1) is 40.4 Å². The second-order valence-corrected chi connectivity index (χ2v) is 12.6. The van der Waals surface area contributed by atoms with Gasteiger partial charge in [-0.15, -0.1) is 0 Å². The highest BCUT2D eigenvalue weighted by Crippen LogP contribution is 2.64. The van der Waals surface area contributed by atoms with Crippen LogP contribution < -0.4 is 0 Å². The van der Waals surface area contributed by atoms with Crippen molar-refractivity contribution in [3.63, 3.8) is 0 Å². The van der Waals surface area contributed by atoms with Crippen molar-refractivity contribution < 1.29 is 41.6 Å². The Labute approximate surface area is 186 Å². The van der Waals surface area contributed by atoms with Gasteiger partial charge in [-0.2, -0.15) is 0 Å². The van der Waals surface area contributed by atoms with Crippen LogP contribution in [0.3, 0.4) is 0 Å². The van der Waals surface area contributed by atoms with Crippen molar-refractivity contribution >= 4 is 28.0 Å². The fourth-order valence-electron chi connectivity index (χ4n) is 8.41. The minimum atomic E-state index is -4.53. The van der Waals surface area contributed by atoms with Crippen LogP contribution in [0.4, 0.5) is 0 Å². The predicted molar refractivity (Wildman–Crippen MR) is 105 cm³/mol. The number of carbonyl (C=O) groups excluding carboxylic acids is 3. The number of fused-ring (bicyclic) bond motifs is 1. The summed E-state index contributed by atoms with van der Waals surface area (Å²) in [5, 5.41) is 0. The number of esters is 3. The minimum absolute atomic E-state index is 0.161. The molecule has 7 aliphatic rings. The number of rotatable bonds is 6. The first-order valence-corrected chi connectivity index (χ1v) is 13.2. The van der Waals surface area contributed by atoms with Crippen molar-refractivity contribution in [1.29, 1.82) is 0 Å². The molecule has 6 aliphatic carbocycles. The third kappa shape index (κ3) is 2.90. The summed E-state index contributed by atoms with van der Waals surface area (Å²) in [6.45, 7) is -0.591. The van der Waals surface area contributed by atoms with Crippen LogP contribution in [0.1, 0.15) is 51.4 Å². The summed E-state index contributed by atoms with van der Waals surface area (Å²) < 4.78 is 48.9. The van der Waals surface area contributed by atoms with Gasteiger partial charge in [-0.1, -0.05) is 0 Å². The molecule has 0 amide bonds. The first-order valence-electron chi connectivity index (χ1n) is 11.6. The lowest BCUT2D eigenvalue weighted by Crippen LogP contribution is -2.52. The van der Waals surface area contributed by atoms with E-state index in [0.29, 0.717) is 24.2 Å². The Kier molecular flexibility index (Phi) is 4.36. The van der Waals surface area contributed by atoms with E-state index in [4.69, 9.17) is 14.2 Å². The van der Waals surface area contributed by atoms with Crippen LogP contribution in [0.5, 0.6) is 0 Å². The zero-order chi connectivity index (χ0) is 22.5. The second kappa shape index (κ2) is 6.68. The van der Waals surface area contributed by atoms with E-state index in [1.807, 2.05) is 0 Å². The normalized spacial score (nSPS) is 47.5. The highest BCUT2D eigenvalue weighted by Gasteiger charge is 2.75. The Bertz CT molecular complexity index is 952. The van der Waals surface area contributed by atoms with Gasteiger partial charge in [0.2, 0.25) is 0 Å². The molecule has 10 heteroatoms. The number of hydrogen-bond acceptors (Lipinski definition) is 9. The smallest absolute Gasteiger partial charge is 0.324 e. The summed E-state index contributed by atoms with van der Waals surface area (Å²) in [5.41, 5.74) is -1.88. The molecule has 1 heterocycles. The number of carbonyl (C=O) groups is 3. The van der Waals surface area contributed by atoms with Crippen LogP contribution in [0.2, 0.25) is 0 Å². The third-order valence-corrected chi connectivity index (χ3v) is 9.88. The lowest BCUT2D eigenvalue weighted by molar-refractivity contribution is -0.185. The molecular weight excluding hydrogens is 440 g/mol. The maximum atomic E-state index is 13.4. The van der Waals surface area contributed by atoms with Gasteiger partial charge in [-0.3, -0.25) is 14.4 Å². The largest absolute Gasteiger partial charge is 0.748 e. The number of hydrogen-bond donors (Lipinski definition) is 0. The molecule has 5 unspecified atom stereocenters. The molecule has 0 spiro atoms. The standard InChI is InChI=1S/C22H28O9S/c23-18(21-7-11-3-12(8-21)5-13(4-11)9-21)30-16-14-6-15-17(16)31-20(25)22(15,10-14)19(24)29-1-2-32(26,27)28/h11-17H,1-10H2,(H,26,27,28)/p-1. The molecule has 7 rings (SSSR count). The molecule has 1 saturated heterocycles. The van der Waals surface area contributed by atoms with Crippen LogP contribution in [-0.2, 0) is 38.7 Å². The maximum absolute atomic E-state index is 13.4. The van der Waals surface area contributed by atoms with Gasteiger partial charge in [-0.25, -0.2) is 8.42 Å². The van der Waals surface area contributed by atoms with E-state index in [0.717, 1.165) is 19.3 Å². The van der Waals surface area contributed by atoms with Crippen molar-refractivity contribution in [3.8, 4) is 0 Å². The molecule has 0 N–H and O–H groups in total. The molecule has 9 nitrogen and oxygen atoms in total. The summed E-state index contributed by atoms with van der Waals surface area (Å²) >= 11 is 0. The Hall–Kier alpha value is -1.68. The van der Waals surface area contributed by atoms with E-state index in [2.05, 4.69) is 0 Å². The van der Waals surface area contributed by atoms with Gasteiger partial charge in [0.25, 0.3) is 0 Å². The summed E-state index contributed by atoms with van der Waals surface area (Å²) in [6, 6.07) is 0. The molecule has 176 valence electrons. The predicted octanol–water partition coefficient (Wildman–Crippen LogP) is 1.15. The van der Waals surface area contributed by atoms with E-state index in [9.17, 15) is 27.4 Å². The third-order valence-electron chi connectivity index (χ3n) is 9.21. The molecule has 32 heavy (non-hydrogen) atoms. The minimum Gasteiger partial charge on any atom is -0.748 e. The molecule has 0 radical (unpaired) electrons. The van der Waals surface area contributed by atoms with Gasteiger partial charge in [-0.05, 0) is 69.1 Å². The van der Waals surface area contributed by atoms with Crippen LogP contribution in [0.25, 0.3) is 0 Å². The summed E-state index contributed by atoms with van der Waals surface area (Å²) in [6.07, 6.45) is 5.80. The van der Waals surface area contributed by atoms with E-state index in [-0.39, 0.29) is 18.3 Å². The molecule has 0 aromatic heterocycles. The van der Waals surface area contributed by atoms with Gasteiger partial charge in [0.05, 0.1) is 21.3 Å². The Morgan fingerprint density at radius 2 is 1.62 bits per heavy atom. The van der Waals surface area contributed by atoms with Crippen LogP contribution in [-0.4, -0.2) is 55.4 Å². The quantitative estimate of drug-likeness (QED) is 0.244. The van der Waals surface area contributed by atoms with E-state index in [1.54, 1.807) is 0 Å². The summed E-state index contributed by atoms with van der Waals surface area (Å²) in [4.78, 5) is 38.9. The monoisotopic (exact) mass is 467 g/mol. The van der Waals surface area contributed by atoms with Gasteiger partial charge in [0, 0.05) is 11.8 Å². The molecule has 6 saturated carbocycles. The van der Waals surface area contributed by atoms with Gasteiger partial charge < -0.3 is 18.8 Å². The van der Waals surface area contributed by atoms with Gasteiger partial charge in [0.1, 0.15) is 18.8 Å². The molecule has 7 fully saturated rings. The molecule has 0 aromatic rings. The summed E-state index contributed by atoms with van der Waals surface area (Å²) in [5.74, 6) is -1.34. The zero-order valence-corrected chi connectivity index (χ0v) is 18.5. The molecule has 6 bridgehead atoms. The van der Waals surface area contributed by atoms with E-state index >= 15 is 0 Å². The van der Waals surface area contributed by atoms with Crippen molar-refractivity contribution in [2.75, 3.05) is 12.4 Å². The Morgan fingerprint density at radius 1 is 1.00 bits per heavy atom. The van der Waals surface area contributed by atoms with Crippen molar-refractivity contribution in [3.05, 3.63) is 0 Å². The fourth-order valence-corrected chi connectivity index (χ4v) is 8.69. The maximum Gasteiger partial charge on any atom is 0.324 e. The zero-order valence-electron chi connectivity index (χ0n) is 17.7. The molecule has 5 atom stereocenters. The second-order valence-electron chi connectivity index (χ2n) is 11.1. The van der Waals surface area contributed by atoms with Crippen molar-refractivity contribution in [2.24, 2.45) is 40.4 Å². The van der Waals surface area contributed by atoms with Gasteiger partial charge in [0.15, 0.2) is 5.41 Å². The first kappa shape index (κ1) is 20.9. The fraction of sp³-hybridized carbons (Fsp3) is 0.864. The first-order chi connectivity index (χ1) is 15.1. The highest BCUT2D eigenvalue weighted by molar-refractivity contribution is 7.85. The Morgan fingerprint density at radius 3 is 2.22 bits per heavy atom. The lowest BCUT2D eigenvalue weighted by atomic mass is 9.49. The summed E-state index contributed by atoms with van der Waals surface area (Å²) in [7, 11) is -4.53. The van der Waals surface area contributed by atoms with Crippen LogP contribution >= 0.6 is 0 Å². The Balaban J connectivity index is 1.15. The highest BCUT2D eigenvalue weighted by atomic mass is 32.2. The van der Waals surface area contributed by atoms with Crippen molar-refractivity contribution in [2.45, 2.75) is 63.6 Å². The molecular formula is C22H27O9S-.